The number of pyridine rings is 1. The van der Waals surface area contributed by atoms with Gasteiger partial charge < -0.3 is 0 Å². The van der Waals surface area contributed by atoms with E-state index in [4.69, 9.17) is 0 Å². The van der Waals surface area contributed by atoms with E-state index in [1.807, 2.05) is 38.3 Å². The number of aromatic nitrogens is 1. The topological polar surface area (TPSA) is 12.9 Å². The molecule has 1 heterocycles. The SMILES string of the molecule is C=C/C(C)=C(\C=C/C)C(/C)=C/C(=C)/C(C)=C/C(=C)/C(C)=C/C(=C)c1ccncc1C. The summed E-state index contributed by atoms with van der Waals surface area (Å²) in [4.78, 5) is 4.15. The molecule has 0 spiro atoms. The molecule has 156 valence electrons. The lowest BCUT2D eigenvalue weighted by Gasteiger charge is -2.10. The van der Waals surface area contributed by atoms with Crippen molar-refractivity contribution >= 4 is 5.57 Å². The molecule has 1 nitrogen and oxygen atoms in total. The van der Waals surface area contributed by atoms with E-state index in [1.165, 1.54) is 5.57 Å². The zero-order chi connectivity index (χ0) is 22.8. The van der Waals surface area contributed by atoms with Crippen LogP contribution in [0.4, 0.5) is 0 Å². The van der Waals surface area contributed by atoms with Crippen molar-refractivity contribution < 1.29 is 0 Å². The van der Waals surface area contributed by atoms with E-state index in [2.05, 4.69) is 83.3 Å². The van der Waals surface area contributed by atoms with Gasteiger partial charge in [0, 0.05) is 12.4 Å². The number of allylic oxidation sites excluding steroid dienone is 14. The number of hydrogen-bond acceptors (Lipinski definition) is 1. The van der Waals surface area contributed by atoms with Crippen molar-refractivity contribution in [2.45, 2.75) is 41.5 Å². The van der Waals surface area contributed by atoms with E-state index >= 15 is 0 Å². The Bertz CT molecular complexity index is 1000. The third-order valence-corrected chi connectivity index (χ3v) is 5.04. The lowest BCUT2D eigenvalue weighted by atomic mass is 9.95. The van der Waals surface area contributed by atoms with E-state index in [0.29, 0.717) is 0 Å². The Kier molecular flexibility index (Phi) is 9.71. The first-order valence-electron chi connectivity index (χ1n) is 10.1. The fourth-order valence-corrected chi connectivity index (χ4v) is 3.04. The molecule has 0 fully saturated rings. The Morgan fingerprint density at radius 3 is 2.00 bits per heavy atom. The van der Waals surface area contributed by atoms with Crippen molar-refractivity contribution in [3.05, 3.63) is 131 Å². The zero-order valence-corrected chi connectivity index (χ0v) is 19.5. The van der Waals surface area contributed by atoms with Crippen LogP contribution in [0.25, 0.3) is 5.57 Å². The molecule has 0 aliphatic rings. The molecule has 0 aliphatic heterocycles. The summed E-state index contributed by atoms with van der Waals surface area (Å²) < 4.78 is 0. The standard InChI is InChI=1S/C29H35N/c1-11-13-28(20(3)12-2)25(8)17-23(6)21(4)16-22(5)24(7)18-26(9)29-14-15-30-19-27(29)10/h11-19H,2,5-6,9H2,1,3-4,7-8,10H3/b13-11-,21-16+,24-18+,25-17+,28-20+. The molecule has 1 aromatic rings. The van der Waals surface area contributed by atoms with Gasteiger partial charge >= 0.3 is 0 Å². The van der Waals surface area contributed by atoms with Crippen LogP contribution in [0.1, 0.15) is 45.7 Å². The summed E-state index contributed by atoms with van der Waals surface area (Å²) in [6, 6.07) is 1.99. The molecule has 0 saturated heterocycles. The summed E-state index contributed by atoms with van der Waals surface area (Å²) in [5, 5.41) is 0. The molecule has 0 radical (unpaired) electrons. The highest BCUT2D eigenvalue weighted by molar-refractivity contribution is 5.75. The van der Waals surface area contributed by atoms with Gasteiger partial charge in [-0.05, 0) is 103 Å². The fraction of sp³-hybridized carbons (Fsp3) is 0.207. The minimum Gasteiger partial charge on any atom is -0.264 e. The second kappa shape index (κ2) is 11.7. The van der Waals surface area contributed by atoms with Crippen LogP contribution < -0.4 is 0 Å². The minimum absolute atomic E-state index is 0.944. The highest BCUT2D eigenvalue weighted by Gasteiger charge is 2.05. The van der Waals surface area contributed by atoms with Crippen LogP contribution >= 0.6 is 0 Å². The van der Waals surface area contributed by atoms with Crippen molar-refractivity contribution in [3.8, 4) is 0 Å². The van der Waals surface area contributed by atoms with E-state index < -0.39 is 0 Å². The van der Waals surface area contributed by atoms with Crippen molar-refractivity contribution in [3.63, 3.8) is 0 Å². The van der Waals surface area contributed by atoms with Crippen molar-refractivity contribution in [2.75, 3.05) is 0 Å². The molecule has 0 unspecified atom stereocenters. The van der Waals surface area contributed by atoms with E-state index in [-0.39, 0.29) is 0 Å². The smallest absolute Gasteiger partial charge is 0.0303 e. The third kappa shape index (κ3) is 7.00. The Morgan fingerprint density at radius 1 is 0.900 bits per heavy atom. The monoisotopic (exact) mass is 397 g/mol. The second-order valence-electron chi connectivity index (χ2n) is 7.55. The number of rotatable bonds is 9. The molecule has 1 heteroatoms. The van der Waals surface area contributed by atoms with Gasteiger partial charge in [0.1, 0.15) is 0 Å². The van der Waals surface area contributed by atoms with Gasteiger partial charge in [-0.25, -0.2) is 0 Å². The van der Waals surface area contributed by atoms with Gasteiger partial charge in [-0.15, -0.1) is 0 Å². The number of hydrogen-bond donors (Lipinski definition) is 0. The lowest BCUT2D eigenvalue weighted by molar-refractivity contribution is 1.25. The highest BCUT2D eigenvalue weighted by Crippen LogP contribution is 2.24. The van der Waals surface area contributed by atoms with Gasteiger partial charge in [-0.3, -0.25) is 4.98 Å². The summed E-state index contributed by atoms with van der Waals surface area (Å²) in [5.74, 6) is 0. The Hall–Kier alpha value is -3.19. The van der Waals surface area contributed by atoms with Crippen molar-refractivity contribution in [1.82, 2.24) is 4.98 Å². The normalized spacial score (nSPS) is 13.9. The third-order valence-electron chi connectivity index (χ3n) is 5.04. The quantitative estimate of drug-likeness (QED) is 0.381. The van der Waals surface area contributed by atoms with Gasteiger partial charge in [0.15, 0.2) is 0 Å². The zero-order valence-electron chi connectivity index (χ0n) is 19.5. The van der Waals surface area contributed by atoms with Crippen LogP contribution in [-0.4, -0.2) is 4.98 Å². The summed E-state index contributed by atoms with van der Waals surface area (Å²) in [7, 11) is 0. The molecule has 0 amide bonds. The number of nitrogens with zero attached hydrogens (tertiary/aromatic N) is 1. The molecule has 0 atom stereocenters. The molecule has 0 aromatic carbocycles. The molecule has 30 heavy (non-hydrogen) atoms. The van der Waals surface area contributed by atoms with Crippen LogP contribution in [0, 0.1) is 6.92 Å². The predicted octanol–water partition coefficient (Wildman–Crippen LogP) is 8.43. The molecular weight excluding hydrogens is 362 g/mol. The summed E-state index contributed by atoms with van der Waals surface area (Å²) in [6.07, 6.45) is 15.9. The van der Waals surface area contributed by atoms with Crippen LogP contribution in [0.2, 0.25) is 0 Å². The molecular formula is C29H35N. The molecule has 0 N–H and O–H groups in total. The van der Waals surface area contributed by atoms with Crippen molar-refractivity contribution in [2.24, 2.45) is 0 Å². The van der Waals surface area contributed by atoms with Gasteiger partial charge in [0.05, 0.1) is 0 Å². The van der Waals surface area contributed by atoms with Crippen LogP contribution in [-0.2, 0) is 0 Å². The van der Waals surface area contributed by atoms with Crippen molar-refractivity contribution in [1.29, 1.82) is 0 Å². The maximum atomic E-state index is 4.25. The fourth-order valence-electron chi connectivity index (χ4n) is 3.04. The Morgan fingerprint density at radius 2 is 1.47 bits per heavy atom. The maximum Gasteiger partial charge on any atom is 0.0303 e. The molecule has 0 bridgehead atoms. The van der Waals surface area contributed by atoms with Gasteiger partial charge in [-0.2, -0.15) is 0 Å². The first-order valence-corrected chi connectivity index (χ1v) is 10.1. The Balaban J connectivity index is 3.08. The van der Waals surface area contributed by atoms with E-state index in [0.717, 1.165) is 50.1 Å². The summed E-state index contributed by atoms with van der Waals surface area (Å²) in [5.41, 5.74) is 10.7. The average molecular weight is 398 g/mol. The first-order chi connectivity index (χ1) is 14.1. The van der Waals surface area contributed by atoms with Gasteiger partial charge in [0.25, 0.3) is 0 Å². The lowest BCUT2D eigenvalue weighted by Crippen LogP contribution is -1.91. The molecule has 1 aromatic heterocycles. The average Bonchev–Trinajstić information content (AvgIpc) is 2.71. The van der Waals surface area contributed by atoms with Crippen LogP contribution in [0.5, 0.6) is 0 Å². The maximum absolute atomic E-state index is 4.25. The van der Waals surface area contributed by atoms with Gasteiger partial charge in [-0.1, -0.05) is 62.8 Å². The van der Waals surface area contributed by atoms with E-state index in [1.54, 1.807) is 6.20 Å². The van der Waals surface area contributed by atoms with Crippen LogP contribution in [0.15, 0.2) is 120 Å². The second-order valence-corrected chi connectivity index (χ2v) is 7.55. The van der Waals surface area contributed by atoms with Crippen LogP contribution in [0.3, 0.4) is 0 Å². The predicted molar refractivity (Wildman–Crippen MR) is 135 cm³/mol. The minimum atomic E-state index is 0.944. The Labute approximate surface area is 183 Å². The number of aryl methyl sites for hydroxylation is 1. The molecule has 1 rings (SSSR count). The van der Waals surface area contributed by atoms with E-state index in [9.17, 15) is 0 Å². The molecule has 0 saturated carbocycles. The highest BCUT2D eigenvalue weighted by atomic mass is 14.6. The van der Waals surface area contributed by atoms with Gasteiger partial charge in [0.2, 0.25) is 0 Å². The summed E-state index contributed by atoms with van der Waals surface area (Å²) in [6.45, 7) is 28.9. The molecule has 0 aliphatic carbocycles. The first kappa shape index (κ1) is 24.8. The summed E-state index contributed by atoms with van der Waals surface area (Å²) >= 11 is 0. The largest absolute Gasteiger partial charge is 0.264 e.